The molecule has 0 heterocycles. The van der Waals surface area contributed by atoms with E-state index in [1.165, 1.54) is 0 Å². The zero-order valence-corrected chi connectivity index (χ0v) is 6.67. The quantitative estimate of drug-likeness (QED) is 0.441. The van der Waals surface area contributed by atoms with Gasteiger partial charge in [-0.25, -0.2) is 0 Å². The topological polar surface area (TPSA) is 50.8 Å². The number of hydrogen-bond donors (Lipinski definition) is 0. The van der Waals surface area contributed by atoms with E-state index in [2.05, 4.69) is 6.58 Å². The standard InChI is InChI=1S/C8H11N3/c1-8(2)7-11(5-3-9)6-4-10/h1,5-7H2,2H3. The van der Waals surface area contributed by atoms with E-state index in [1.54, 1.807) is 4.90 Å². The second-order valence-electron chi connectivity index (χ2n) is 2.42. The first-order valence-corrected chi connectivity index (χ1v) is 3.31. The number of nitrogens with zero attached hydrogens (tertiary/aromatic N) is 3. The lowest BCUT2D eigenvalue weighted by atomic mass is 10.3. The molecular weight excluding hydrogens is 138 g/mol. The Balaban J connectivity index is 3.82. The smallest absolute Gasteiger partial charge is 0.0877 e. The molecule has 0 aromatic rings. The molecule has 0 atom stereocenters. The Bertz CT molecular complexity index is 190. The van der Waals surface area contributed by atoms with Crippen molar-refractivity contribution in [2.45, 2.75) is 6.92 Å². The molecular formula is C8H11N3. The Labute approximate surface area is 67.1 Å². The van der Waals surface area contributed by atoms with Crippen molar-refractivity contribution >= 4 is 0 Å². The maximum Gasteiger partial charge on any atom is 0.0877 e. The van der Waals surface area contributed by atoms with Gasteiger partial charge in [0.05, 0.1) is 25.2 Å². The highest BCUT2D eigenvalue weighted by atomic mass is 15.1. The molecule has 0 saturated heterocycles. The lowest BCUT2D eigenvalue weighted by molar-refractivity contribution is 0.372. The van der Waals surface area contributed by atoms with Gasteiger partial charge >= 0.3 is 0 Å². The first-order chi connectivity index (χ1) is 5.20. The molecule has 0 unspecified atom stereocenters. The highest BCUT2D eigenvalue weighted by Gasteiger charge is 2.01. The highest BCUT2D eigenvalue weighted by molar-refractivity contribution is 4.96. The van der Waals surface area contributed by atoms with Crippen LogP contribution in [0.3, 0.4) is 0 Å². The fourth-order valence-corrected chi connectivity index (χ4v) is 0.749. The van der Waals surface area contributed by atoms with Crippen LogP contribution in [0.15, 0.2) is 12.2 Å². The number of nitriles is 2. The van der Waals surface area contributed by atoms with Gasteiger partial charge in [0.15, 0.2) is 0 Å². The van der Waals surface area contributed by atoms with Crippen molar-refractivity contribution in [3.05, 3.63) is 12.2 Å². The number of rotatable bonds is 4. The van der Waals surface area contributed by atoms with Gasteiger partial charge in [-0.15, -0.1) is 0 Å². The summed E-state index contributed by atoms with van der Waals surface area (Å²) in [7, 11) is 0. The van der Waals surface area contributed by atoms with Crippen molar-refractivity contribution in [3.8, 4) is 12.1 Å². The molecule has 0 amide bonds. The van der Waals surface area contributed by atoms with E-state index >= 15 is 0 Å². The fourth-order valence-electron chi connectivity index (χ4n) is 0.749. The van der Waals surface area contributed by atoms with Gasteiger partial charge in [-0.2, -0.15) is 10.5 Å². The van der Waals surface area contributed by atoms with Crippen LogP contribution in [0, 0.1) is 22.7 Å². The van der Waals surface area contributed by atoms with Crippen LogP contribution in [0.2, 0.25) is 0 Å². The number of hydrogen-bond acceptors (Lipinski definition) is 3. The monoisotopic (exact) mass is 149 g/mol. The SMILES string of the molecule is C=C(C)CN(CC#N)CC#N. The predicted molar refractivity (Wildman–Crippen MR) is 42.5 cm³/mol. The van der Waals surface area contributed by atoms with Gasteiger partial charge in [0, 0.05) is 6.54 Å². The average molecular weight is 149 g/mol. The van der Waals surface area contributed by atoms with E-state index in [-0.39, 0.29) is 0 Å². The Hall–Kier alpha value is -1.32. The van der Waals surface area contributed by atoms with E-state index in [9.17, 15) is 0 Å². The summed E-state index contributed by atoms with van der Waals surface area (Å²) in [5.74, 6) is 0. The van der Waals surface area contributed by atoms with E-state index in [1.807, 2.05) is 19.1 Å². The van der Waals surface area contributed by atoms with E-state index in [4.69, 9.17) is 10.5 Å². The summed E-state index contributed by atoms with van der Waals surface area (Å²) in [6.07, 6.45) is 0. The third-order valence-corrected chi connectivity index (χ3v) is 1.08. The van der Waals surface area contributed by atoms with Crippen molar-refractivity contribution in [1.29, 1.82) is 10.5 Å². The van der Waals surface area contributed by atoms with Crippen molar-refractivity contribution < 1.29 is 0 Å². The van der Waals surface area contributed by atoms with E-state index in [0.717, 1.165) is 5.57 Å². The molecule has 11 heavy (non-hydrogen) atoms. The molecule has 0 bridgehead atoms. The Kier molecular flexibility index (Phi) is 4.81. The molecule has 0 fully saturated rings. The van der Waals surface area contributed by atoms with Crippen LogP contribution >= 0.6 is 0 Å². The Morgan fingerprint density at radius 1 is 1.36 bits per heavy atom. The normalized spacial score (nSPS) is 8.73. The van der Waals surface area contributed by atoms with Gasteiger partial charge in [0.25, 0.3) is 0 Å². The van der Waals surface area contributed by atoms with Crippen LogP contribution in [0.25, 0.3) is 0 Å². The van der Waals surface area contributed by atoms with Crippen molar-refractivity contribution in [2.24, 2.45) is 0 Å². The summed E-state index contributed by atoms with van der Waals surface area (Å²) in [4.78, 5) is 1.74. The summed E-state index contributed by atoms with van der Waals surface area (Å²) < 4.78 is 0. The molecule has 0 N–H and O–H groups in total. The zero-order chi connectivity index (χ0) is 8.69. The first kappa shape index (κ1) is 9.68. The molecule has 0 aliphatic rings. The van der Waals surface area contributed by atoms with Crippen molar-refractivity contribution in [3.63, 3.8) is 0 Å². The Morgan fingerprint density at radius 3 is 2.09 bits per heavy atom. The van der Waals surface area contributed by atoms with E-state index < -0.39 is 0 Å². The van der Waals surface area contributed by atoms with Crippen LogP contribution in [-0.2, 0) is 0 Å². The average Bonchev–Trinajstić information content (AvgIpc) is 1.87. The van der Waals surface area contributed by atoms with Gasteiger partial charge in [-0.05, 0) is 6.92 Å². The van der Waals surface area contributed by atoms with Crippen LogP contribution in [0.4, 0.5) is 0 Å². The first-order valence-electron chi connectivity index (χ1n) is 3.31. The van der Waals surface area contributed by atoms with Crippen LogP contribution < -0.4 is 0 Å². The molecule has 0 aromatic carbocycles. The summed E-state index contributed by atoms with van der Waals surface area (Å²) in [6, 6.07) is 3.98. The second-order valence-corrected chi connectivity index (χ2v) is 2.42. The molecule has 3 nitrogen and oxygen atoms in total. The molecule has 0 aromatic heterocycles. The third kappa shape index (κ3) is 5.14. The molecule has 0 aliphatic heterocycles. The van der Waals surface area contributed by atoms with Gasteiger partial charge in [-0.3, -0.25) is 4.90 Å². The summed E-state index contributed by atoms with van der Waals surface area (Å²) in [5.41, 5.74) is 0.968. The second kappa shape index (κ2) is 5.46. The van der Waals surface area contributed by atoms with Crippen molar-refractivity contribution in [1.82, 2.24) is 4.90 Å². The van der Waals surface area contributed by atoms with Crippen molar-refractivity contribution in [2.75, 3.05) is 19.6 Å². The summed E-state index contributed by atoms with van der Waals surface area (Å²) in [5, 5.41) is 16.7. The van der Waals surface area contributed by atoms with Crippen LogP contribution in [0.1, 0.15) is 6.92 Å². The fraction of sp³-hybridized carbons (Fsp3) is 0.500. The molecule has 58 valence electrons. The minimum atomic E-state index is 0.292. The lowest BCUT2D eigenvalue weighted by Gasteiger charge is -2.13. The predicted octanol–water partition coefficient (Wildman–Crippen LogP) is 0.912. The minimum Gasteiger partial charge on any atom is -0.273 e. The highest BCUT2D eigenvalue weighted by Crippen LogP contribution is 1.93. The maximum absolute atomic E-state index is 8.35. The van der Waals surface area contributed by atoms with Gasteiger partial charge < -0.3 is 0 Å². The third-order valence-electron chi connectivity index (χ3n) is 1.08. The van der Waals surface area contributed by atoms with Gasteiger partial charge in [0.1, 0.15) is 0 Å². The van der Waals surface area contributed by atoms with Crippen LogP contribution in [-0.4, -0.2) is 24.5 Å². The minimum absolute atomic E-state index is 0.292. The maximum atomic E-state index is 8.35. The lowest BCUT2D eigenvalue weighted by Crippen LogP contribution is -2.25. The molecule has 0 radical (unpaired) electrons. The molecule has 0 aliphatic carbocycles. The summed E-state index contributed by atoms with van der Waals surface area (Å²) >= 11 is 0. The van der Waals surface area contributed by atoms with Gasteiger partial charge in [-0.1, -0.05) is 12.2 Å². The molecule has 0 rings (SSSR count). The zero-order valence-electron chi connectivity index (χ0n) is 6.67. The van der Waals surface area contributed by atoms with Gasteiger partial charge in [0.2, 0.25) is 0 Å². The molecule has 0 saturated carbocycles. The molecule has 3 heteroatoms. The largest absolute Gasteiger partial charge is 0.273 e. The Morgan fingerprint density at radius 2 is 1.82 bits per heavy atom. The summed E-state index contributed by atoms with van der Waals surface area (Å²) in [6.45, 7) is 6.79. The van der Waals surface area contributed by atoms with E-state index in [0.29, 0.717) is 19.6 Å². The van der Waals surface area contributed by atoms with Crippen LogP contribution in [0.5, 0.6) is 0 Å². The molecule has 0 spiro atoms.